The summed E-state index contributed by atoms with van der Waals surface area (Å²) in [7, 11) is 0. The van der Waals surface area contributed by atoms with Crippen molar-refractivity contribution in [3.8, 4) is 0 Å². The summed E-state index contributed by atoms with van der Waals surface area (Å²) < 4.78 is 0. The Morgan fingerprint density at radius 1 is 0.424 bits per heavy atom. The molecule has 0 fully saturated rings. The van der Waals surface area contributed by atoms with Crippen LogP contribution in [0, 0.1) is 0 Å². The van der Waals surface area contributed by atoms with Crippen LogP contribution in [0.5, 0.6) is 0 Å². The summed E-state index contributed by atoms with van der Waals surface area (Å²) in [6, 6.07) is -0.740. The van der Waals surface area contributed by atoms with Crippen LogP contribution in [-0.4, -0.2) is 46.1 Å². The lowest BCUT2D eigenvalue weighted by Crippen LogP contribution is -2.45. The van der Waals surface area contributed by atoms with E-state index in [-0.39, 0.29) is 18.9 Å². The molecule has 0 aliphatic heterocycles. The van der Waals surface area contributed by atoms with Gasteiger partial charge in [0, 0.05) is 0 Å². The third-order valence-electron chi connectivity index (χ3n) is 12.8. The monoisotopic (exact) mass is 834 g/mol. The van der Waals surface area contributed by atoms with Crippen LogP contribution in [0.25, 0.3) is 0 Å². The number of amides is 1. The summed E-state index contributed by atoms with van der Waals surface area (Å²) in [6.07, 6.45) is 61.0. The van der Waals surface area contributed by atoms with Gasteiger partial charge in [-0.2, -0.15) is 0 Å². The Balaban J connectivity index is 3.55. The smallest absolute Gasteiger partial charge is 0.222 e. The first-order valence-electron chi connectivity index (χ1n) is 27.0. The second-order valence-corrected chi connectivity index (χ2v) is 18.9. The van der Waals surface area contributed by atoms with Crippen LogP contribution in [0.15, 0.2) is 12.2 Å². The predicted molar refractivity (Wildman–Crippen MR) is 259 cm³/mol. The van der Waals surface area contributed by atoms with Crippen molar-refractivity contribution in [3.05, 3.63) is 12.2 Å². The van der Waals surface area contributed by atoms with E-state index in [1.807, 2.05) is 6.08 Å². The highest BCUT2D eigenvalue weighted by Gasteiger charge is 2.20. The second-order valence-electron chi connectivity index (χ2n) is 18.9. The maximum absolute atomic E-state index is 12.5. The highest BCUT2D eigenvalue weighted by molar-refractivity contribution is 5.76. The Kier molecular flexibility index (Phi) is 49.0. The first kappa shape index (κ1) is 58.1. The van der Waals surface area contributed by atoms with Gasteiger partial charge < -0.3 is 20.6 Å². The number of rotatable bonds is 50. The van der Waals surface area contributed by atoms with E-state index in [1.165, 1.54) is 250 Å². The zero-order valence-electron chi connectivity index (χ0n) is 40.2. The van der Waals surface area contributed by atoms with Gasteiger partial charge in [0.25, 0.3) is 0 Å². The first-order chi connectivity index (χ1) is 29.0. The second kappa shape index (κ2) is 49.7. The van der Waals surface area contributed by atoms with Gasteiger partial charge in [0.1, 0.15) is 0 Å². The third-order valence-corrected chi connectivity index (χ3v) is 12.8. The van der Waals surface area contributed by atoms with E-state index in [4.69, 9.17) is 0 Å². The molecule has 0 bridgehead atoms. The van der Waals surface area contributed by atoms with Crippen LogP contribution in [-0.2, 0) is 4.79 Å². The molecule has 4 N–H and O–H groups in total. The molecular formula is C54H107NO4. The number of unbranched alkanes of at least 4 members (excludes halogenated alkanes) is 41. The summed E-state index contributed by atoms with van der Waals surface area (Å²) >= 11 is 0. The average Bonchev–Trinajstić information content (AvgIpc) is 3.23. The summed E-state index contributed by atoms with van der Waals surface area (Å²) in [4.78, 5) is 12.5. The van der Waals surface area contributed by atoms with Crippen LogP contribution in [0.1, 0.15) is 303 Å². The molecule has 3 unspecified atom stereocenters. The van der Waals surface area contributed by atoms with Crippen molar-refractivity contribution in [2.24, 2.45) is 0 Å². The molecule has 0 rings (SSSR count). The van der Waals surface area contributed by atoms with Crippen molar-refractivity contribution in [3.63, 3.8) is 0 Å². The van der Waals surface area contributed by atoms with E-state index >= 15 is 0 Å². The van der Waals surface area contributed by atoms with Crippen molar-refractivity contribution in [2.75, 3.05) is 6.61 Å². The van der Waals surface area contributed by atoms with E-state index in [0.717, 1.165) is 25.7 Å². The Morgan fingerprint density at radius 2 is 0.695 bits per heavy atom. The van der Waals surface area contributed by atoms with E-state index < -0.39 is 18.2 Å². The summed E-state index contributed by atoms with van der Waals surface area (Å²) in [5.41, 5.74) is 0. The van der Waals surface area contributed by atoms with Gasteiger partial charge in [0.2, 0.25) is 5.91 Å². The molecular weight excluding hydrogens is 727 g/mol. The highest BCUT2D eigenvalue weighted by Crippen LogP contribution is 2.18. The lowest BCUT2D eigenvalue weighted by molar-refractivity contribution is -0.124. The van der Waals surface area contributed by atoms with E-state index in [9.17, 15) is 20.1 Å². The van der Waals surface area contributed by atoms with Crippen LogP contribution in [0.2, 0.25) is 0 Å². The fourth-order valence-corrected chi connectivity index (χ4v) is 8.70. The molecule has 3 atom stereocenters. The number of hydrogen-bond donors (Lipinski definition) is 4. The molecule has 352 valence electrons. The number of carbonyl (C=O) groups excluding carboxylic acids is 1. The topological polar surface area (TPSA) is 89.8 Å². The van der Waals surface area contributed by atoms with Gasteiger partial charge in [-0.25, -0.2) is 0 Å². The van der Waals surface area contributed by atoms with Crippen LogP contribution >= 0.6 is 0 Å². The zero-order chi connectivity index (χ0) is 43.0. The maximum atomic E-state index is 12.5. The molecule has 0 aromatic rings. The number of nitrogens with one attached hydrogen (secondary N) is 1. The number of aliphatic hydroxyl groups is 3. The molecule has 0 radical (unpaired) electrons. The van der Waals surface area contributed by atoms with Gasteiger partial charge >= 0.3 is 0 Å². The van der Waals surface area contributed by atoms with E-state index in [0.29, 0.717) is 6.42 Å². The molecule has 0 aromatic heterocycles. The predicted octanol–water partition coefficient (Wildman–Crippen LogP) is 16.3. The van der Waals surface area contributed by atoms with Gasteiger partial charge in [-0.1, -0.05) is 289 Å². The minimum absolute atomic E-state index is 0.0194. The van der Waals surface area contributed by atoms with Crippen molar-refractivity contribution < 1.29 is 20.1 Å². The Morgan fingerprint density at radius 3 is 0.983 bits per heavy atom. The van der Waals surface area contributed by atoms with Crippen molar-refractivity contribution in [1.82, 2.24) is 5.32 Å². The number of carbonyl (C=O) groups is 1. The molecule has 0 saturated carbocycles. The quantitative estimate of drug-likeness (QED) is 0.0363. The molecule has 5 nitrogen and oxygen atoms in total. The van der Waals surface area contributed by atoms with Gasteiger partial charge in [0.05, 0.1) is 31.3 Å². The van der Waals surface area contributed by atoms with E-state index in [2.05, 4.69) is 19.2 Å². The Hall–Kier alpha value is -0.910. The third kappa shape index (κ3) is 46.4. The number of allylic oxidation sites excluding steroid dienone is 1. The maximum Gasteiger partial charge on any atom is 0.222 e. The molecule has 1 amide bonds. The van der Waals surface area contributed by atoms with Gasteiger partial charge in [0.15, 0.2) is 0 Å². The fourth-order valence-electron chi connectivity index (χ4n) is 8.70. The van der Waals surface area contributed by atoms with Crippen LogP contribution < -0.4 is 5.32 Å². The lowest BCUT2D eigenvalue weighted by Gasteiger charge is -2.21. The minimum atomic E-state index is -0.925. The molecule has 0 aliphatic rings. The number of aliphatic hydroxyl groups excluding tert-OH is 3. The highest BCUT2D eigenvalue weighted by atomic mass is 16.3. The SMILES string of the molecule is CCCCCCCCCCCCCCCCCCCC/C=C/C(O)C(CO)NC(=O)CC(O)CCCCCCCCCCCCCCCCCCCCCCCCCC. The fraction of sp³-hybridized carbons (Fsp3) is 0.944. The Bertz CT molecular complexity index is 833. The lowest BCUT2D eigenvalue weighted by atomic mass is 10.0. The summed E-state index contributed by atoms with van der Waals surface area (Å²) in [5, 5.41) is 33.4. The van der Waals surface area contributed by atoms with Crippen molar-refractivity contribution in [1.29, 1.82) is 0 Å². The molecule has 0 aromatic carbocycles. The normalized spacial score (nSPS) is 13.4. The molecule has 0 aliphatic carbocycles. The van der Waals surface area contributed by atoms with E-state index in [1.54, 1.807) is 6.08 Å². The Labute approximate surface area is 369 Å². The van der Waals surface area contributed by atoms with Crippen LogP contribution in [0.4, 0.5) is 0 Å². The molecule has 59 heavy (non-hydrogen) atoms. The largest absolute Gasteiger partial charge is 0.394 e. The van der Waals surface area contributed by atoms with Gasteiger partial charge in [-0.3, -0.25) is 4.79 Å². The summed E-state index contributed by atoms with van der Waals surface area (Å²) in [5.74, 6) is -0.308. The average molecular weight is 834 g/mol. The zero-order valence-corrected chi connectivity index (χ0v) is 40.2. The van der Waals surface area contributed by atoms with Gasteiger partial charge in [-0.05, 0) is 19.3 Å². The number of hydrogen-bond acceptors (Lipinski definition) is 4. The van der Waals surface area contributed by atoms with Gasteiger partial charge in [-0.15, -0.1) is 0 Å². The van der Waals surface area contributed by atoms with Crippen molar-refractivity contribution in [2.45, 2.75) is 321 Å². The molecule has 0 saturated heterocycles. The van der Waals surface area contributed by atoms with Crippen LogP contribution in [0.3, 0.4) is 0 Å². The molecule has 5 heteroatoms. The van der Waals surface area contributed by atoms with Crippen molar-refractivity contribution >= 4 is 5.91 Å². The molecule has 0 spiro atoms. The standard InChI is InChI=1S/C54H107NO4/c1-3-5-7-9-11-13-15-17-19-21-23-25-26-27-28-29-31-33-35-37-39-41-43-45-47-51(57)49-54(59)55-52(50-56)53(58)48-46-44-42-40-38-36-34-32-30-24-22-20-18-16-14-12-10-8-6-4-2/h46,48,51-53,56-58H,3-45,47,49-50H2,1-2H3,(H,55,59)/b48-46+. The first-order valence-corrected chi connectivity index (χ1v) is 27.0. The minimum Gasteiger partial charge on any atom is -0.394 e. The summed E-state index contributed by atoms with van der Waals surface area (Å²) in [6.45, 7) is 4.25. The molecule has 0 heterocycles.